The number of nitrogens with zero attached hydrogens (tertiary/aromatic N) is 3. The first kappa shape index (κ1) is 35.3. The second-order valence-electron chi connectivity index (χ2n) is 11.2. The molecule has 1 aromatic heterocycles. The number of benzene rings is 3. The summed E-state index contributed by atoms with van der Waals surface area (Å²) in [6.07, 6.45) is 1.62. The van der Waals surface area contributed by atoms with Crippen LogP contribution >= 0.6 is 22.9 Å². The van der Waals surface area contributed by atoms with Crippen LogP contribution in [0.3, 0.4) is 0 Å². The predicted molar refractivity (Wildman–Crippen MR) is 187 cm³/mol. The lowest BCUT2D eigenvalue weighted by Crippen LogP contribution is -2.40. The molecule has 0 aliphatic carbocycles. The fraction of sp³-hybridized carbons (Fsp3) is 0.297. The highest BCUT2D eigenvalue weighted by Crippen LogP contribution is 2.38. The number of hydrogen-bond acceptors (Lipinski definition) is 10. The molecule has 0 saturated heterocycles. The van der Waals surface area contributed by atoms with Gasteiger partial charge in [-0.2, -0.15) is 5.26 Å². The van der Waals surface area contributed by atoms with Gasteiger partial charge in [-0.15, -0.1) is 0 Å². The molecule has 49 heavy (non-hydrogen) atoms. The van der Waals surface area contributed by atoms with Crippen molar-refractivity contribution in [2.45, 2.75) is 53.4 Å². The molecule has 0 bridgehead atoms. The summed E-state index contributed by atoms with van der Waals surface area (Å²) in [5.74, 6) is 1.22. The standard InChI is InChI=1S/C37H36ClN3O7S/c1-7-45-30-16-25(15-27(38)34(30)47-20-24-11-9-23(19-39)10-12-24)17-31-35(42)41-33(26-13-14-28(48-21(3)4)29(18-26)44-6)32(36(43)46-8-2)22(5)40-37(41)49-31/h9-18,21,33H,7-8,20H2,1-6H3/b31-17+/t33-/m0/s1. The summed E-state index contributed by atoms with van der Waals surface area (Å²) < 4.78 is 30.8. The molecule has 12 heteroatoms. The molecule has 5 rings (SSSR count). The molecule has 254 valence electrons. The lowest BCUT2D eigenvalue weighted by Gasteiger charge is -2.25. The third-order valence-electron chi connectivity index (χ3n) is 7.48. The lowest BCUT2D eigenvalue weighted by molar-refractivity contribution is -0.139. The molecule has 1 aliphatic rings. The van der Waals surface area contributed by atoms with Crippen LogP contribution in [0.1, 0.15) is 62.9 Å². The SMILES string of the molecule is CCOC(=O)C1=C(C)N=c2s/c(=C/c3cc(Cl)c(OCc4ccc(C#N)cc4)c(OCC)c3)c(=O)n2[C@H]1c1ccc(OC(C)C)c(OC)c1. The van der Waals surface area contributed by atoms with E-state index in [1.165, 1.54) is 23.0 Å². The molecule has 0 unspecified atom stereocenters. The van der Waals surface area contributed by atoms with Crippen LogP contribution in [0.4, 0.5) is 0 Å². The molecular weight excluding hydrogens is 666 g/mol. The van der Waals surface area contributed by atoms with Gasteiger partial charge in [0.25, 0.3) is 5.56 Å². The van der Waals surface area contributed by atoms with E-state index < -0.39 is 12.0 Å². The predicted octanol–water partition coefficient (Wildman–Crippen LogP) is 6.10. The van der Waals surface area contributed by atoms with Gasteiger partial charge >= 0.3 is 5.97 Å². The fourth-order valence-corrected chi connectivity index (χ4v) is 6.69. The van der Waals surface area contributed by atoms with Crippen molar-refractivity contribution in [1.29, 1.82) is 5.26 Å². The van der Waals surface area contributed by atoms with Gasteiger partial charge in [-0.1, -0.05) is 41.1 Å². The summed E-state index contributed by atoms with van der Waals surface area (Å²) in [6, 6.07) is 17.1. The van der Waals surface area contributed by atoms with E-state index in [1.54, 1.807) is 56.3 Å². The normalized spacial score (nSPS) is 14.2. The minimum absolute atomic E-state index is 0.0884. The maximum Gasteiger partial charge on any atom is 0.338 e. The zero-order chi connectivity index (χ0) is 35.2. The van der Waals surface area contributed by atoms with Crippen molar-refractivity contribution in [1.82, 2.24) is 4.57 Å². The molecule has 0 amide bonds. The number of hydrogen-bond donors (Lipinski definition) is 0. The fourth-order valence-electron chi connectivity index (χ4n) is 5.37. The van der Waals surface area contributed by atoms with E-state index in [-0.39, 0.29) is 30.5 Å². The number of allylic oxidation sites excluding steroid dienone is 1. The molecule has 1 aliphatic heterocycles. The van der Waals surface area contributed by atoms with E-state index in [1.807, 2.05) is 39.0 Å². The van der Waals surface area contributed by atoms with Gasteiger partial charge in [0.05, 0.1) is 64.9 Å². The number of rotatable bonds is 12. The number of aromatic nitrogens is 1. The Bertz CT molecular complexity index is 2130. The minimum atomic E-state index is -0.833. The van der Waals surface area contributed by atoms with Crippen LogP contribution in [-0.4, -0.2) is 37.0 Å². The Morgan fingerprint density at radius 2 is 1.82 bits per heavy atom. The van der Waals surface area contributed by atoms with Crippen LogP contribution in [-0.2, 0) is 16.1 Å². The lowest BCUT2D eigenvalue weighted by atomic mass is 9.95. The quantitative estimate of drug-likeness (QED) is 0.163. The van der Waals surface area contributed by atoms with Crippen molar-refractivity contribution >= 4 is 35.0 Å². The summed E-state index contributed by atoms with van der Waals surface area (Å²) in [7, 11) is 1.54. The van der Waals surface area contributed by atoms with Gasteiger partial charge in [0, 0.05) is 0 Å². The maximum atomic E-state index is 14.2. The Hall–Kier alpha value is -5.05. The molecule has 0 radical (unpaired) electrons. The van der Waals surface area contributed by atoms with E-state index in [2.05, 4.69) is 11.1 Å². The molecule has 3 aromatic carbocycles. The van der Waals surface area contributed by atoms with E-state index in [9.17, 15) is 9.59 Å². The molecule has 2 heterocycles. The van der Waals surface area contributed by atoms with Crippen LogP contribution in [0.15, 0.2) is 75.7 Å². The molecule has 0 fully saturated rings. The highest BCUT2D eigenvalue weighted by atomic mass is 35.5. The van der Waals surface area contributed by atoms with Crippen LogP contribution < -0.4 is 33.8 Å². The zero-order valence-electron chi connectivity index (χ0n) is 28.0. The topological polar surface area (TPSA) is 121 Å². The second-order valence-corrected chi connectivity index (χ2v) is 12.7. The van der Waals surface area contributed by atoms with Crippen molar-refractivity contribution in [3.05, 3.63) is 113 Å². The number of carbonyl (C=O) groups excluding carboxylic acids is 1. The van der Waals surface area contributed by atoms with Crippen LogP contribution in [0.25, 0.3) is 6.08 Å². The van der Waals surface area contributed by atoms with Gasteiger partial charge in [0.1, 0.15) is 6.61 Å². The number of thiazole rings is 1. The van der Waals surface area contributed by atoms with Gasteiger partial charge in [-0.05, 0) is 93.8 Å². The van der Waals surface area contributed by atoms with Crippen LogP contribution in [0.5, 0.6) is 23.0 Å². The Kier molecular flexibility index (Phi) is 11.1. The molecule has 0 saturated carbocycles. The van der Waals surface area contributed by atoms with Crippen molar-refractivity contribution < 1.29 is 28.5 Å². The average molecular weight is 702 g/mol. The summed E-state index contributed by atoms with van der Waals surface area (Å²) in [5, 5.41) is 9.37. The summed E-state index contributed by atoms with van der Waals surface area (Å²) in [4.78, 5) is 32.7. The van der Waals surface area contributed by atoms with Crippen LogP contribution in [0.2, 0.25) is 5.02 Å². The smallest absolute Gasteiger partial charge is 0.338 e. The van der Waals surface area contributed by atoms with Gasteiger partial charge < -0.3 is 23.7 Å². The largest absolute Gasteiger partial charge is 0.493 e. The zero-order valence-corrected chi connectivity index (χ0v) is 29.6. The number of ether oxygens (including phenoxy) is 5. The molecule has 0 N–H and O–H groups in total. The van der Waals surface area contributed by atoms with Gasteiger partial charge in [-0.25, -0.2) is 9.79 Å². The van der Waals surface area contributed by atoms with E-state index in [0.717, 1.165) is 5.56 Å². The first-order chi connectivity index (χ1) is 23.6. The van der Waals surface area contributed by atoms with Crippen LogP contribution in [0, 0.1) is 11.3 Å². The number of esters is 1. The van der Waals surface area contributed by atoms with Crippen molar-refractivity contribution in [3.8, 4) is 29.1 Å². The molecule has 0 spiro atoms. The minimum Gasteiger partial charge on any atom is -0.493 e. The Morgan fingerprint density at radius 3 is 2.47 bits per heavy atom. The van der Waals surface area contributed by atoms with E-state index in [4.69, 9.17) is 40.5 Å². The Morgan fingerprint density at radius 1 is 1.06 bits per heavy atom. The van der Waals surface area contributed by atoms with Gasteiger partial charge in [-0.3, -0.25) is 9.36 Å². The first-order valence-corrected chi connectivity index (χ1v) is 16.9. The second kappa shape index (κ2) is 15.4. The number of carbonyl (C=O) groups is 1. The Labute approximate surface area is 293 Å². The number of fused-ring (bicyclic) bond motifs is 1. The average Bonchev–Trinajstić information content (AvgIpc) is 3.37. The third-order valence-corrected chi connectivity index (χ3v) is 8.74. The van der Waals surface area contributed by atoms with E-state index in [0.29, 0.717) is 66.3 Å². The summed E-state index contributed by atoms with van der Waals surface area (Å²) >= 11 is 7.92. The molecule has 4 aromatic rings. The number of nitriles is 1. The van der Waals surface area contributed by atoms with Crippen molar-refractivity contribution in [3.63, 3.8) is 0 Å². The highest BCUT2D eigenvalue weighted by Gasteiger charge is 2.34. The molecule has 1 atom stereocenters. The summed E-state index contributed by atoms with van der Waals surface area (Å²) in [6.45, 7) is 9.86. The maximum absolute atomic E-state index is 14.2. The number of methoxy groups -OCH3 is 1. The Balaban J connectivity index is 1.59. The van der Waals surface area contributed by atoms with Gasteiger partial charge in [0.15, 0.2) is 27.8 Å². The van der Waals surface area contributed by atoms with Crippen molar-refractivity contribution in [2.75, 3.05) is 20.3 Å². The van der Waals surface area contributed by atoms with Gasteiger partial charge in [0.2, 0.25) is 0 Å². The number of halogens is 1. The molecular formula is C37H36ClN3O7S. The molecule has 10 nitrogen and oxygen atoms in total. The van der Waals surface area contributed by atoms with Crippen molar-refractivity contribution in [2.24, 2.45) is 4.99 Å². The monoisotopic (exact) mass is 701 g/mol. The van der Waals surface area contributed by atoms with E-state index >= 15 is 0 Å². The highest BCUT2D eigenvalue weighted by molar-refractivity contribution is 7.07. The summed E-state index contributed by atoms with van der Waals surface area (Å²) in [5.41, 5.74) is 3.00. The first-order valence-electron chi connectivity index (χ1n) is 15.7. The third kappa shape index (κ3) is 7.66.